The Hall–Kier alpha value is -1.48. The fraction of sp³-hybridized carbons (Fsp3) is 0.500. The summed E-state index contributed by atoms with van der Waals surface area (Å²) in [6.45, 7) is 6.52. The second-order valence-electron chi connectivity index (χ2n) is 5.61. The van der Waals surface area contributed by atoms with Gasteiger partial charge in [-0.25, -0.2) is 0 Å². The molecule has 1 unspecified atom stereocenters. The van der Waals surface area contributed by atoms with E-state index in [1.54, 1.807) is 0 Å². The lowest BCUT2D eigenvalue weighted by Gasteiger charge is -2.20. The number of rotatable bonds is 2. The smallest absolute Gasteiger partial charge is 0.314 e. The SMILES string of the molecule is CCC.CCOC(=O)C1CCCc2c1[nH]c1ccc(Cl)cc21. The van der Waals surface area contributed by atoms with Crippen LogP contribution in [0.1, 0.15) is 57.2 Å². The van der Waals surface area contributed by atoms with Crippen LogP contribution in [-0.4, -0.2) is 17.6 Å². The number of fused-ring (bicyclic) bond motifs is 3. The largest absolute Gasteiger partial charge is 0.465 e. The van der Waals surface area contributed by atoms with Crippen LogP contribution in [0.4, 0.5) is 0 Å². The number of benzene rings is 1. The van der Waals surface area contributed by atoms with E-state index in [9.17, 15) is 4.79 Å². The van der Waals surface area contributed by atoms with Crippen molar-refractivity contribution in [3.63, 3.8) is 0 Å². The zero-order chi connectivity index (χ0) is 16.1. The maximum absolute atomic E-state index is 12.0. The van der Waals surface area contributed by atoms with Crippen LogP contribution in [0.25, 0.3) is 10.9 Å². The molecule has 120 valence electrons. The molecule has 1 atom stereocenters. The molecule has 1 N–H and O–H groups in total. The molecule has 3 rings (SSSR count). The van der Waals surface area contributed by atoms with Gasteiger partial charge in [0.1, 0.15) is 0 Å². The number of ether oxygens (including phenoxy) is 1. The van der Waals surface area contributed by atoms with E-state index in [-0.39, 0.29) is 11.9 Å². The second kappa shape index (κ2) is 7.68. The van der Waals surface area contributed by atoms with Crippen molar-refractivity contribution in [2.24, 2.45) is 0 Å². The van der Waals surface area contributed by atoms with Gasteiger partial charge in [0.2, 0.25) is 0 Å². The Morgan fingerprint density at radius 2 is 2.09 bits per heavy atom. The Bertz CT molecular complexity index is 648. The van der Waals surface area contributed by atoms with Gasteiger partial charge in [0.25, 0.3) is 0 Å². The minimum absolute atomic E-state index is 0.124. The molecule has 1 aromatic heterocycles. The Kier molecular flexibility index (Phi) is 5.90. The van der Waals surface area contributed by atoms with Gasteiger partial charge < -0.3 is 9.72 Å². The first-order chi connectivity index (χ1) is 10.6. The van der Waals surface area contributed by atoms with Crippen molar-refractivity contribution in [1.29, 1.82) is 0 Å². The molecule has 0 radical (unpaired) electrons. The summed E-state index contributed by atoms with van der Waals surface area (Å²) >= 11 is 6.06. The molecule has 2 aromatic rings. The van der Waals surface area contributed by atoms with Crippen LogP contribution in [0.3, 0.4) is 0 Å². The Morgan fingerprint density at radius 3 is 2.77 bits per heavy atom. The molecular formula is C18H24ClNO2. The monoisotopic (exact) mass is 321 g/mol. The zero-order valence-corrected chi connectivity index (χ0v) is 14.3. The van der Waals surface area contributed by atoms with Crippen molar-refractivity contribution < 1.29 is 9.53 Å². The van der Waals surface area contributed by atoms with Crippen LogP contribution >= 0.6 is 11.6 Å². The fourth-order valence-corrected chi connectivity index (χ4v) is 3.09. The third-order valence-electron chi connectivity index (χ3n) is 3.74. The maximum atomic E-state index is 12.0. The fourth-order valence-electron chi connectivity index (χ4n) is 2.91. The molecule has 3 nitrogen and oxygen atoms in total. The van der Waals surface area contributed by atoms with Gasteiger partial charge in [-0.3, -0.25) is 4.79 Å². The molecule has 0 spiro atoms. The predicted molar refractivity (Wildman–Crippen MR) is 91.6 cm³/mol. The molecule has 0 fully saturated rings. The third kappa shape index (κ3) is 3.46. The van der Waals surface area contributed by atoms with Crippen molar-refractivity contribution >= 4 is 28.5 Å². The molecule has 0 saturated carbocycles. The third-order valence-corrected chi connectivity index (χ3v) is 3.98. The molecular weight excluding hydrogens is 298 g/mol. The first-order valence-corrected chi connectivity index (χ1v) is 8.46. The number of carbonyl (C=O) groups is 1. The molecule has 1 aliphatic rings. The average Bonchev–Trinajstić information content (AvgIpc) is 2.86. The van der Waals surface area contributed by atoms with Gasteiger partial charge in [-0.1, -0.05) is 31.9 Å². The highest BCUT2D eigenvalue weighted by Crippen LogP contribution is 2.37. The highest BCUT2D eigenvalue weighted by Gasteiger charge is 2.30. The lowest BCUT2D eigenvalue weighted by atomic mass is 9.87. The van der Waals surface area contributed by atoms with Gasteiger partial charge in [-0.15, -0.1) is 0 Å². The van der Waals surface area contributed by atoms with Gasteiger partial charge in [0, 0.05) is 21.6 Å². The number of halogens is 1. The molecule has 0 amide bonds. The lowest BCUT2D eigenvalue weighted by Crippen LogP contribution is -2.20. The predicted octanol–water partition coefficient (Wildman–Crippen LogP) is 5.22. The lowest BCUT2D eigenvalue weighted by molar-refractivity contribution is -0.145. The minimum atomic E-state index is -0.158. The molecule has 1 aliphatic carbocycles. The zero-order valence-electron chi connectivity index (χ0n) is 13.5. The van der Waals surface area contributed by atoms with Gasteiger partial charge in [0.15, 0.2) is 0 Å². The number of aromatic nitrogens is 1. The van der Waals surface area contributed by atoms with Gasteiger partial charge >= 0.3 is 5.97 Å². The second-order valence-corrected chi connectivity index (χ2v) is 6.05. The summed E-state index contributed by atoms with van der Waals surface area (Å²) in [5.74, 6) is -0.282. The summed E-state index contributed by atoms with van der Waals surface area (Å²) in [7, 11) is 0. The van der Waals surface area contributed by atoms with Crippen LogP contribution < -0.4 is 0 Å². The Balaban J connectivity index is 0.000000545. The van der Waals surface area contributed by atoms with Crippen molar-refractivity contribution in [3.8, 4) is 0 Å². The first-order valence-electron chi connectivity index (χ1n) is 8.08. The number of aromatic amines is 1. The Labute approximate surface area is 137 Å². The van der Waals surface area contributed by atoms with Crippen molar-refractivity contribution in [2.45, 2.75) is 52.4 Å². The number of esters is 1. The maximum Gasteiger partial charge on any atom is 0.314 e. The first kappa shape index (κ1) is 16.9. The summed E-state index contributed by atoms with van der Waals surface area (Å²) in [4.78, 5) is 15.4. The van der Waals surface area contributed by atoms with Crippen molar-refractivity contribution in [2.75, 3.05) is 6.61 Å². The van der Waals surface area contributed by atoms with Crippen molar-refractivity contribution in [3.05, 3.63) is 34.5 Å². The summed E-state index contributed by atoms with van der Waals surface area (Å²) in [5.41, 5.74) is 3.29. The number of hydrogen-bond acceptors (Lipinski definition) is 2. The van der Waals surface area contributed by atoms with E-state index in [0.717, 1.165) is 40.9 Å². The normalized spacial score (nSPS) is 16.6. The van der Waals surface area contributed by atoms with Crippen LogP contribution in [0.5, 0.6) is 0 Å². The van der Waals surface area contributed by atoms with E-state index in [1.807, 2.05) is 25.1 Å². The van der Waals surface area contributed by atoms with Crippen LogP contribution in [-0.2, 0) is 16.0 Å². The number of carbonyl (C=O) groups excluding carboxylic acids is 1. The average molecular weight is 322 g/mol. The van der Waals surface area contributed by atoms with Crippen LogP contribution in [0.2, 0.25) is 5.02 Å². The van der Waals surface area contributed by atoms with Gasteiger partial charge in [0.05, 0.1) is 12.5 Å². The quantitative estimate of drug-likeness (QED) is 0.770. The number of aryl methyl sites for hydroxylation is 1. The molecule has 4 heteroatoms. The molecule has 0 bridgehead atoms. The van der Waals surface area contributed by atoms with Crippen LogP contribution in [0.15, 0.2) is 18.2 Å². The van der Waals surface area contributed by atoms with E-state index in [4.69, 9.17) is 16.3 Å². The van der Waals surface area contributed by atoms with E-state index in [2.05, 4.69) is 18.8 Å². The van der Waals surface area contributed by atoms with E-state index < -0.39 is 0 Å². The number of nitrogens with one attached hydrogen (secondary N) is 1. The summed E-state index contributed by atoms with van der Waals surface area (Å²) < 4.78 is 5.17. The van der Waals surface area contributed by atoms with E-state index >= 15 is 0 Å². The van der Waals surface area contributed by atoms with E-state index in [0.29, 0.717) is 6.61 Å². The highest BCUT2D eigenvalue weighted by molar-refractivity contribution is 6.31. The molecule has 1 aromatic carbocycles. The van der Waals surface area contributed by atoms with Gasteiger partial charge in [-0.05, 0) is 49.9 Å². The molecule has 0 saturated heterocycles. The highest BCUT2D eigenvalue weighted by atomic mass is 35.5. The Morgan fingerprint density at radius 1 is 1.36 bits per heavy atom. The molecule has 22 heavy (non-hydrogen) atoms. The minimum Gasteiger partial charge on any atom is -0.465 e. The summed E-state index contributed by atoms with van der Waals surface area (Å²) in [5, 5.41) is 1.86. The molecule has 0 aliphatic heterocycles. The molecule has 1 heterocycles. The number of hydrogen-bond donors (Lipinski definition) is 1. The van der Waals surface area contributed by atoms with Crippen molar-refractivity contribution in [1.82, 2.24) is 4.98 Å². The summed E-state index contributed by atoms with van der Waals surface area (Å²) in [6.07, 6.45) is 4.11. The number of H-pyrrole nitrogens is 1. The van der Waals surface area contributed by atoms with E-state index in [1.165, 1.54) is 12.0 Å². The standard InChI is InChI=1S/C15H16ClNO2.C3H8/c1-2-19-15(18)11-5-3-4-10-12-8-9(16)6-7-13(12)17-14(10)11;1-3-2/h6-8,11,17H,2-5H2,1H3;3H2,1-2H3. The van der Waals surface area contributed by atoms with Crippen LogP contribution in [0, 0.1) is 0 Å². The van der Waals surface area contributed by atoms with Gasteiger partial charge in [-0.2, -0.15) is 0 Å². The topological polar surface area (TPSA) is 42.1 Å². The summed E-state index contributed by atoms with van der Waals surface area (Å²) in [6, 6.07) is 5.81.